The van der Waals surface area contributed by atoms with Crippen LogP contribution < -0.4 is 15.5 Å². The Morgan fingerprint density at radius 2 is 1.77 bits per heavy atom. The van der Waals surface area contributed by atoms with E-state index in [9.17, 15) is 4.79 Å². The molecule has 0 aliphatic carbocycles. The number of benzene rings is 1. The van der Waals surface area contributed by atoms with Gasteiger partial charge in [-0.05, 0) is 17.5 Å². The summed E-state index contributed by atoms with van der Waals surface area (Å²) in [5, 5.41) is 6.52. The second-order valence-corrected chi connectivity index (χ2v) is 8.42. The summed E-state index contributed by atoms with van der Waals surface area (Å²) in [5.41, 5.74) is 1.26. The normalized spacial score (nSPS) is 16.0. The smallest absolute Gasteiger partial charge is 0.224 e. The van der Waals surface area contributed by atoms with Crippen LogP contribution in [0, 0.1) is 5.41 Å². The first-order valence-electron chi connectivity index (χ1n) is 10.4. The van der Waals surface area contributed by atoms with Crippen LogP contribution in [0.5, 0.6) is 0 Å². The second-order valence-electron chi connectivity index (χ2n) is 8.42. The molecule has 2 N–H and O–H groups in total. The number of piperazine rings is 1. The molecule has 0 radical (unpaired) electrons. The Bertz CT molecular complexity index is 655. The van der Waals surface area contributed by atoms with Gasteiger partial charge in [0, 0.05) is 65.5 Å². The summed E-state index contributed by atoms with van der Waals surface area (Å²) in [7, 11) is 3.46. The van der Waals surface area contributed by atoms with E-state index in [2.05, 4.69) is 65.6 Å². The highest BCUT2D eigenvalue weighted by Gasteiger charge is 2.24. The average molecular weight is 531 g/mol. The molecule has 1 aliphatic heterocycles. The fourth-order valence-electron chi connectivity index (χ4n) is 3.45. The number of guanidine groups is 1. The van der Waals surface area contributed by atoms with Gasteiger partial charge in [-0.2, -0.15) is 0 Å². The van der Waals surface area contributed by atoms with Crippen molar-refractivity contribution in [2.24, 2.45) is 10.4 Å². The lowest BCUT2D eigenvalue weighted by atomic mass is 9.89. The molecule has 170 valence electrons. The van der Waals surface area contributed by atoms with E-state index < -0.39 is 0 Å². The maximum Gasteiger partial charge on any atom is 0.224 e. The summed E-state index contributed by atoms with van der Waals surface area (Å²) < 4.78 is 5.56. The molecule has 7 nitrogen and oxygen atoms in total. The molecule has 1 aromatic carbocycles. The molecule has 30 heavy (non-hydrogen) atoms. The van der Waals surface area contributed by atoms with E-state index in [0.717, 1.165) is 26.2 Å². The molecule has 1 aromatic rings. The van der Waals surface area contributed by atoms with Gasteiger partial charge in [-0.1, -0.05) is 39.0 Å². The van der Waals surface area contributed by atoms with Gasteiger partial charge < -0.3 is 25.2 Å². The van der Waals surface area contributed by atoms with Crippen molar-refractivity contribution >= 4 is 41.5 Å². The van der Waals surface area contributed by atoms with E-state index in [4.69, 9.17) is 4.74 Å². The third kappa shape index (κ3) is 8.29. The maximum absolute atomic E-state index is 12.5. The lowest BCUT2D eigenvalue weighted by Crippen LogP contribution is -2.50. The molecule has 2 rings (SSSR count). The number of carbonyl (C=O) groups excluding carboxylic acids is 1. The van der Waals surface area contributed by atoms with Crippen LogP contribution in [-0.4, -0.2) is 76.3 Å². The average Bonchev–Trinajstić information content (AvgIpc) is 2.72. The third-order valence-corrected chi connectivity index (χ3v) is 5.31. The zero-order valence-electron chi connectivity index (χ0n) is 19.0. The van der Waals surface area contributed by atoms with Crippen LogP contribution in [0.1, 0.15) is 27.2 Å². The standard InChI is InChI=1S/C22H37N5O2.HI/c1-22(2,3)19(29-5)17-25-21(23-4)24-12-11-20(28)27-15-13-26(14-16-27)18-9-7-6-8-10-18;/h6-10,19H,11-17H2,1-5H3,(H2,23,24,25);1H. The van der Waals surface area contributed by atoms with Gasteiger partial charge in [0.05, 0.1) is 6.10 Å². The van der Waals surface area contributed by atoms with Crippen LogP contribution in [0.25, 0.3) is 0 Å². The number of hydrogen-bond donors (Lipinski definition) is 2. The number of nitrogens with zero attached hydrogens (tertiary/aromatic N) is 3. The zero-order chi connectivity index (χ0) is 21.3. The van der Waals surface area contributed by atoms with Gasteiger partial charge in [0.2, 0.25) is 5.91 Å². The van der Waals surface area contributed by atoms with Crippen LogP contribution in [-0.2, 0) is 9.53 Å². The Hall–Kier alpha value is -1.55. The van der Waals surface area contributed by atoms with E-state index >= 15 is 0 Å². The highest BCUT2D eigenvalue weighted by atomic mass is 127. The SMILES string of the molecule is CN=C(NCCC(=O)N1CCN(c2ccccc2)CC1)NCC(OC)C(C)(C)C.I. The topological polar surface area (TPSA) is 69.2 Å². The Morgan fingerprint density at radius 3 is 2.30 bits per heavy atom. The lowest BCUT2D eigenvalue weighted by molar-refractivity contribution is -0.131. The Morgan fingerprint density at radius 1 is 1.13 bits per heavy atom. The number of aliphatic imine (C=N–C) groups is 1. The molecular weight excluding hydrogens is 493 g/mol. The fourth-order valence-corrected chi connectivity index (χ4v) is 3.45. The molecule has 1 fully saturated rings. The van der Waals surface area contributed by atoms with Gasteiger partial charge in [-0.3, -0.25) is 9.79 Å². The number of carbonyl (C=O) groups is 1. The van der Waals surface area contributed by atoms with E-state index in [1.54, 1.807) is 14.2 Å². The number of rotatable bonds is 7. The largest absolute Gasteiger partial charge is 0.379 e. The number of nitrogens with one attached hydrogen (secondary N) is 2. The number of hydrogen-bond acceptors (Lipinski definition) is 4. The van der Waals surface area contributed by atoms with Crippen LogP contribution in [0.2, 0.25) is 0 Å². The van der Waals surface area contributed by atoms with E-state index in [1.165, 1.54) is 5.69 Å². The summed E-state index contributed by atoms with van der Waals surface area (Å²) in [6.45, 7) is 10.9. The van der Waals surface area contributed by atoms with Gasteiger partial charge in [0.1, 0.15) is 0 Å². The zero-order valence-corrected chi connectivity index (χ0v) is 21.3. The first-order valence-corrected chi connectivity index (χ1v) is 10.4. The highest BCUT2D eigenvalue weighted by Crippen LogP contribution is 2.21. The maximum atomic E-state index is 12.5. The predicted molar refractivity (Wildman–Crippen MR) is 135 cm³/mol. The van der Waals surface area contributed by atoms with E-state index in [1.807, 2.05) is 11.0 Å². The first kappa shape index (κ1) is 26.5. The number of amides is 1. The van der Waals surface area contributed by atoms with Crippen LogP contribution >= 0.6 is 24.0 Å². The van der Waals surface area contributed by atoms with Crippen molar-refractivity contribution in [2.45, 2.75) is 33.3 Å². The van der Waals surface area contributed by atoms with Gasteiger partial charge >= 0.3 is 0 Å². The van der Waals surface area contributed by atoms with Crippen LogP contribution in [0.3, 0.4) is 0 Å². The third-order valence-electron chi connectivity index (χ3n) is 5.31. The minimum absolute atomic E-state index is 0. The second kappa shape index (κ2) is 13.0. The molecule has 0 bridgehead atoms. The first-order chi connectivity index (χ1) is 13.8. The number of methoxy groups -OCH3 is 1. The highest BCUT2D eigenvalue weighted by molar-refractivity contribution is 14.0. The molecule has 8 heteroatoms. The summed E-state index contributed by atoms with van der Waals surface area (Å²) in [5.74, 6) is 0.878. The lowest BCUT2D eigenvalue weighted by Gasteiger charge is -2.36. The molecule has 0 aromatic heterocycles. The number of ether oxygens (including phenoxy) is 1. The molecule has 1 heterocycles. The van der Waals surface area contributed by atoms with Crippen LogP contribution in [0.15, 0.2) is 35.3 Å². The Labute approximate surface area is 198 Å². The fraction of sp³-hybridized carbons (Fsp3) is 0.636. The minimum atomic E-state index is 0. The van der Waals surface area contributed by atoms with E-state index in [0.29, 0.717) is 25.5 Å². The van der Waals surface area contributed by atoms with Crippen molar-refractivity contribution in [1.29, 1.82) is 0 Å². The molecule has 1 atom stereocenters. The van der Waals surface area contributed by atoms with Crippen molar-refractivity contribution in [3.8, 4) is 0 Å². The van der Waals surface area contributed by atoms with Gasteiger partial charge in [0.15, 0.2) is 5.96 Å². The quantitative estimate of drug-likeness (QED) is 0.322. The Kier molecular flexibility index (Phi) is 11.5. The molecular formula is C22H38IN5O2. The molecule has 1 saturated heterocycles. The van der Waals surface area contributed by atoms with Gasteiger partial charge in [-0.25, -0.2) is 0 Å². The number of anilines is 1. The molecule has 1 unspecified atom stereocenters. The van der Waals surface area contributed by atoms with Crippen molar-refractivity contribution in [2.75, 3.05) is 58.3 Å². The summed E-state index contributed by atoms with van der Waals surface area (Å²) >= 11 is 0. The number of halogens is 1. The minimum Gasteiger partial charge on any atom is -0.379 e. The Balaban J connectivity index is 0.00000450. The monoisotopic (exact) mass is 531 g/mol. The summed E-state index contributed by atoms with van der Waals surface area (Å²) in [4.78, 5) is 21.1. The summed E-state index contributed by atoms with van der Waals surface area (Å²) in [6.07, 6.45) is 0.530. The number of para-hydroxylation sites is 1. The molecule has 0 spiro atoms. The van der Waals surface area contributed by atoms with Crippen molar-refractivity contribution < 1.29 is 9.53 Å². The van der Waals surface area contributed by atoms with Crippen molar-refractivity contribution in [3.05, 3.63) is 30.3 Å². The molecule has 1 amide bonds. The molecule has 0 saturated carbocycles. The van der Waals surface area contributed by atoms with E-state index in [-0.39, 0.29) is 41.4 Å². The van der Waals surface area contributed by atoms with Crippen molar-refractivity contribution in [1.82, 2.24) is 15.5 Å². The predicted octanol–water partition coefficient (Wildman–Crippen LogP) is 2.57. The van der Waals surface area contributed by atoms with Crippen molar-refractivity contribution in [3.63, 3.8) is 0 Å². The van der Waals surface area contributed by atoms with Crippen LogP contribution in [0.4, 0.5) is 5.69 Å². The summed E-state index contributed by atoms with van der Waals surface area (Å²) in [6, 6.07) is 10.4. The van der Waals surface area contributed by atoms with Gasteiger partial charge in [-0.15, -0.1) is 24.0 Å². The van der Waals surface area contributed by atoms with Gasteiger partial charge in [0.25, 0.3) is 0 Å². The molecule has 1 aliphatic rings.